The summed E-state index contributed by atoms with van der Waals surface area (Å²) in [6.45, 7) is 7.44. The van der Waals surface area contributed by atoms with Gasteiger partial charge in [0.1, 0.15) is 30.3 Å². The molecular formula is C35H35NO11S3. The average Bonchev–Trinajstić information content (AvgIpc) is 3.50. The molecule has 50 heavy (non-hydrogen) atoms. The van der Waals surface area contributed by atoms with E-state index in [4.69, 9.17) is 28.4 Å². The molecule has 3 aliphatic rings. The fourth-order valence-corrected chi connectivity index (χ4v) is 11.0. The van der Waals surface area contributed by atoms with Gasteiger partial charge in [-0.1, -0.05) is 35.3 Å². The lowest BCUT2D eigenvalue weighted by Crippen LogP contribution is -2.54. The number of hydrogen-bond donors (Lipinski definition) is 0. The molecule has 264 valence electrons. The molecule has 12 nitrogen and oxygen atoms in total. The number of fused-ring (bicyclic) bond motifs is 3. The minimum absolute atomic E-state index is 0.126. The van der Waals surface area contributed by atoms with E-state index in [1.807, 2.05) is 39.8 Å². The summed E-state index contributed by atoms with van der Waals surface area (Å²) in [5.41, 5.74) is 2.12. The lowest BCUT2D eigenvalue weighted by Gasteiger charge is -2.51. The van der Waals surface area contributed by atoms with Gasteiger partial charge in [0.2, 0.25) is 0 Å². The summed E-state index contributed by atoms with van der Waals surface area (Å²) in [4.78, 5) is 70.6. The van der Waals surface area contributed by atoms with Crippen LogP contribution in [0.25, 0.3) is 5.57 Å². The number of nitrogens with zero attached hydrogens (tertiary/aromatic N) is 1. The Balaban J connectivity index is 1.91. The number of thioether (sulfide) groups is 3. The van der Waals surface area contributed by atoms with E-state index in [1.165, 1.54) is 42.7 Å². The monoisotopic (exact) mass is 741 g/mol. The van der Waals surface area contributed by atoms with Crippen molar-refractivity contribution in [2.75, 3.05) is 47.6 Å². The number of hydrogen-bond acceptors (Lipinski definition) is 14. The smallest absolute Gasteiger partial charge is 0.345 e. The molecule has 5 rings (SSSR count). The van der Waals surface area contributed by atoms with E-state index in [0.717, 1.165) is 46.4 Å². The second-order valence-corrected chi connectivity index (χ2v) is 15.4. The van der Waals surface area contributed by atoms with E-state index in [9.17, 15) is 24.0 Å². The minimum atomic E-state index is -1.69. The highest BCUT2D eigenvalue weighted by Gasteiger charge is 2.62. The van der Waals surface area contributed by atoms with E-state index in [-0.39, 0.29) is 25.9 Å². The van der Waals surface area contributed by atoms with Gasteiger partial charge in [0, 0.05) is 27.7 Å². The van der Waals surface area contributed by atoms with E-state index in [2.05, 4.69) is 0 Å². The molecule has 0 fully saturated rings. The molecule has 0 saturated carbocycles. The fourth-order valence-electron chi connectivity index (χ4n) is 6.00. The van der Waals surface area contributed by atoms with Crippen LogP contribution in [0.2, 0.25) is 0 Å². The van der Waals surface area contributed by atoms with E-state index >= 15 is 0 Å². The molecule has 2 aromatic rings. The molecule has 1 amide bonds. The number of anilines is 1. The van der Waals surface area contributed by atoms with Crippen molar-refractivity contribution in [3.8, 4) is 11.5 Å². The molecule has 2 aromatic carbocycles. The molecule has 0 unspecified atom stereocenters. The third-order valence-electron chi connectivity index (χ3n) is 8.55. The zero-order valence-electron chi connectivity index (χ0n) is 29.0. The van der Waals surface area contributed by atoms with Crippen molar-refractivity contribution in [1.29, 1.82) is 0 Å². The molecule has 0 radical (unpaired) electrons. The van der Waals surface area contributed by atoms with Crippen LogP contribution in [0.5, 0.6) is 11.5 Å². The molecule has 1 spiro atoms. The highest BCUT2D eigenvalue weighted by Crippen LogP contribution is 2.71. The van der Waals surface area contributed by atoms with Crippen LogP contribution in [0.3, 0.4) is 0 Å². The first-order valence-electron chi connectivity index (χ1n) is 15.0. The molecule has 0 bridgehead atoms. The maximum atomic E-state index is 14.8. The van der Waals surface area contributed by atoms with E-state index in [0.29, 0.717) is 33.2 Å². The quantitative estimate of drug-likeness (QED) is 0.258. The van der Waals surface area contributed by atoms with Crippen molar-refractivity contribution in [2.24, 2.45) is 0 Å². The lowest BCUT2D eigenvalue weighted by atomic mass is 9.82. The number of rotatable bonds is 7. The van der Waals surface area contributed by atoms with Gasteiger partial charge in [-0.2, -0.15) is 0 Å². The predicted octanol–water partition coefficient (Wildman–Crippen LogP) is 5.55. The molecule has 15 heteroatoms. The number of methoxy groups -OCH3 is 6. The largest absolute Gasteiger partial charge is 0.497 e. The Kier molecular flexibility index (Phi) is 10.2. The van der Waals surface area contributed by atoms with Crippen molar-refractivity contribution in [3.05, 3.63) is 77.8 Å². The molecule has 0 aromatic heterocycles. The second-order valence-electron chi connectivity index (χ2n) is 11.7. The Bertz CT molecular complexity index is 1910. The summed E-state index contributed by atoms with van der Waals surface area (Å²) in [6, 6.07) is 8.63. The molecule has 0 N–H and O–H groups in total. The van der Waals surface area contributed by atoms with Crippen LogP contribution < -0.4 is 14.4 Å². The van der Waals surface area contributed by atoms with E-state index in [1.54, 1.807) is 23.1 Å². The summed E-state index contributed by atoms with van der Waals surface area (Å²) in [5, 5.41) is 0. The average molecular weight is 742 g/mol. The highest BCUT2D eigenvalue weighted by molar-refractivity contribution is 8.26. The summed E-state index contributed by atoms with van der Waals surface area (Å²) in [6.07, 6.45) is 0. The van der Waals surface area contributed by atoms with Crippen molar-refractivity contribution in [2.45, 2.75) is 37.3 Å². The number of benzene rings is 2. The SMILES string of the molecule is COC(=O)C1=C(C(=O)OC)SC2(S1)C(C(=O)OC)=C(C(=O)OC)SC1=C2c2cc(C)c(C)cc2N(C(=O)c2cc(OC)cc(OC)c2)C1(C)C. The predicted molar refractivity (Wildman–Crippen MR) is 191 cm³/mol. The van der Waals surface area contributed by atoms with Gasteiger partial charge < -0.3 is 28.4 Å². The molecule has 3 heterocycles. The summed E-state index contributed by atoms with van der Waals surface area (Å²) in [7, 11) is 7.65. The minimum Gasteiger partial charge on any atom is -0.497 e. The standard InChI is InChI=1S/C35H35NO11S3/c1-16-11-21-22(12-17(16)2)36(29(37)18-13-19(42-5)15-20(14-18)43-6)34(3,4)28-23(21)35(24(30(38)44-7)25(48-28)31(39)45-8)49-26(32(40)46-9)27(50-35)33(41)47-10/h11-15H,1-10H3. The number of ether oxygens (including phenoxy) is 6. The Labute approximate surface area is 301 Å². The normalized spacial score (nSPS) is 17.2. The fraction of sp³-hybridized carbons (Fsp3) is 0.343. The van der Waals surface area contributed by atoms with Crippen LogP contribution in [0.15, 0.2) is 55.5 Å². The molecule has 0 atom stereocenters. The van der Waals surface area contributed by atoms with Crippen molar-refractivity contribution in [3.63, 3.8) is 0 Å². The Hall–Kier alpha value is -4.34. The third kappa shape index (κ3) is 5.74. The van der Waals surface area contributed by atoms with Crippen LogP contribution in [0, 0.1) is 13.8 Å². The Morgan fingerprint density at radius 1 is 0.640 bits per heavy atom. The molecule has 3 aliphatic heterocycles. The first-order chi connectivity index (χ1) is 23.6. The number of carbonyl (C=O) groups is 5. The molecule has 0 saturated heterocycles. The number of esters is 4. The third-order valence-corrected chi connectivity index (χ3v) is 13.2. The Morgan fingerprint density at radius 2 is 1.12 bits per heavy atom. The van der Waals surface area contributed by atoms with Crippen LogP contribution in [0.1, 0.15) is 40.9 Å². The van der Waals surface area contributed by atoms with Gasteiger partial charge in [0.05, 0.1) is 59.5 Å². The zero-order chi connectivity index (χ0) is 36.9. The maximum Gasteiger partial charge on any atom is 0.345 e. The number of aryl methyl sites for hydroxylation is 2. The van der Waals surface area contributed by atoms with Gasteiger partial charge >= 0.3 is 23.9 Å². The van der Waals surface area contributed by atoms with Gasteiger partial charge in [-0.3, -0.25) is 9.69 Å². The summed E-state index contributed by atoms with van der Waals surface area (Å²) < 4.78 is 29.8. The van der Waals surface area contributed by atoms with Crippen molar-refractivity contribution < 1.29 is 52.4 Å². The highest BCUT2D eigenvalue weighted by atomic mass is 32.2. The molecule has 0 aliphatic carbocycles. The van der Waals surface area contributed by atoms with Crippen molar-refractivity contribution >= 4 is 76.3 Å². The van der Waals surface area contributed by atoms with E-state index < -0.39 is 39.4 Å². The van der Waals surface area contributed by atoms with Gasteiger partial charge in [0.15, 0.2) is 0 Å². The topological polar surface area (TPSA) is 144 Å². The van der Waals surface area contributed by atoms with Gasteiger partial charge in [0.25, 0.3) is 5.91 Å². The van der Waals surface area contributed by atoms with Gasteiger partial charge in [-0.15, -0.1) is 0 Å². The van der Waals surface area contributed by atoms with Crippen LogP contribution in [0.4, 0.5) is 5.69 Å². The number of amides is 1. The molecular weight excluding hydrogens is 707 g/mol. The first kappa shape index (κ1) is 36.9. The first-order valence-corrected chi connectivity index (χ1v) is 17.4. The van der Waals surface area contributed by atoms with Gasteiger partial charge in [-0.25, -0.2) is 19.2 Å². The van der Waals surface area contributed by atoms with Crippen LogP contribution >= 0.6 is 35.3 Å². The second kappa shape index (κ2) is 13.8. The zero-order valence-corrected chi connectivity index (χ0v) is 31.5. The summed E-state index contributed by atoms with van der Waals surface area (Å²) >= 11 is 2.71. The van der Waals surface area contributed by atoms with Crippen LogP contribution in [-0.4, -0.2) is 82.1 Å². The maximum absolute atomic E-state index is 14.8. The van der Waals surface area contributed by atoms with Crippen LogP contribution in [-0.2, 0) is 38.1 Å². The Morgan fingerprint density at radius 3 is 1.60 bits per heavy atom. The summed E-state index contributed by atoms with van der Waals surface area (Å²) in [5.74, 6) is -3.02. The number of carbonyl (C=O) groups excluding carboxylic acids is 5. The van der Waals surface area contributed by atoms with Crippen molar-refractivity contribution in [1.82, 2.24) is 0 Å². The lowest BCUT2D eigenvalue weighted by molar-refractivity contribution is -0.138. The van der Waals surface area contributed by atoms with Gasteiger partial charge in [-0.05, 0) is 63.1 Å².